The molecule has 1 fully saturated rings. The average molecular weight is 340 g/mol. The summed E-state index contributed by atoms with van der Waals surface area (Å²) in [6.07, 6.45) is 2.58. The maximum Gasteiger partial charge on any atom is 0.225 e. The second-order valence-electron chi connectivity index (χ2n) is 6.55. The van der Waals surface area contributed by atoms with Gasteiger partial charge in [0.2, 0.25) is 11.8 Å². The number of benzene rings is 1. The Kier molecular flexibility index (Phi) is 4.17. The predicted octanol–water partition coefficient (Wildman–Crippen LogP) is 1.75. The first kappa shape index (κ1) is 15.7. The van der Waals surface area contributed by atoms with Crippen molar-refractivity contribution in [3.63, 3.8) is 0 Å². The van der Waals surface area contributed by atoms with Crippen molar-refractivity contribution in [3.8, 4) is 5.75 Å². The van der Waals surface area contributed by atoms with Gasteiger partial charge in [0, 0.05) is 19.4 Å². The fourth-order valence-electron chi connectivity index (χ4n) is 3.42. The van der Waals surface area contributed by atoms with E-state index in [0.29, 0.717) is 19.6 Å². The third-order valence-electron chi connectivity index (χ3n) is 4.73. The van der Waals surface area contributed by atoms with Crippen LogP contribution in [0.1, 0.15) is 17.7 Å². The molecule has 2 atom stereocenters. The summed E-state index contributed by atoms with van der Waals surface area (Å²) in [5.74, 6) is 1.20. The van der Waals surface area contributed by atoms with E-state index in [-0.39, 0.29) is 30.3 Å². The van der Waals surface area contributed by atoms with Crippen LogP contribution in [0.15, 0.2) is 47.1 Å². The number of likely N-dealkylation sites (tertiary alicyclic amines) is 1. The summed E-state index contributed by atoms with van der Waals surface area (Å²) in [6, 6.07) is 11.5. The molecule has 1 aromatic carbocycles. The van der Waals surface area contributed by atoms with Gasteiger partial charge in [0.05, 0.1) is 25.3 Å². The molecular weight excluding hydrogens is 320 g/mol. The Balaban J connectivity index is 1.27. The molecule has 1 saturated heterocycles. The van der Waals surface area contributed by atoms with Gasteiger partial charge in [-0.3, -0.25) is 9.59 Å². The van der Waals surface area contributed by atoms with E-state index >= 15 is 0 Å². The topological polar surface area (TPSA) is 71.8 Å². The smallest absolute Gasteiger partial charge is 0.225 e. The highest BCUT2D eigenvalue weighted by molar-refractivity contribution is 5.89. The number of ether oxygens (including phenoxy) is 1. The van der Waals surface area contributed by atoms with Crippen molar-refractivity contribution in [1.82, 2.24) is 10.2 Å². The van der Waals surface area contributed by atoms with Crippen molar-refractivity contribution in [1.29, 1.82) is 0 Å². The zero-order valence-corrected chi connectivity index (χ0v) is 13.8. The quantitative estimate of drug-likeness (QED) is 0.900. The highest BCUT2D eigenvalue weighted by Gasteiger charge is 2.35. The minimum atomic E-state index is -0.314. The Morgan fingerprint density at radius 3 is 2.88 bits per heavy atom. The van der Waals surface area contributed by atoms with Gasteiger partial charge in [-0.2, -0.15) is 0 Å². The van der Waals surface area contributed by atoms with Crippen molar-refractivity contribution in [3.05, 3.63) is 54.0 Å². The Bertz CT molecular complexity index is 746. The largest absolute Gasteiger partial charge is 0.488 e. The molecule has 0 aliphatic carbocycles. The van der Waals surface area contributed by atoms with Gasteiger partial charge in [-0.1, -0.05) is 18.2 Å². The van der Waals surface area contributed by atoms with E-state index in [0.717, 1.165) is 17.9 Å². The second kappa shape index (κ2) is 6.63. The monoisotopic (exact) mass is 340 g/mol. The lowest BCUT2D eigenvalue weighted by molar-refractivity contribution is -0.129. The van der Waals surface area contributed by atoms with Crippen molar-refractivity contribution < 1.29 is 18.7 Å². The van der Waals surface area contributed by atoms with E-state index in [4.69, 9.17) is 9.15 Å². The maximum absolute atomic E-state index is 12.4. The number of hydrogen-bond acceptors (Lipinski definition) is 4. The van der Waals surface area contributed by atoms with Gasteiger partial charge in [0.1, 0.15) is 17.6 Å². The molecule has 2 amide bonds. The highest BCUT2D eigenvalue weighted by Crippen LogP contribution is 2.28. The van der Waals surface area contributed by atoms with E-state index in [1.54, 1.807) is 17.2 Å². The lowest BCUT2D eigenvalue weighted by Gasteiger charge is -2.16. The van der Waals surface area contributed by atoms with Crippen molar-refractivity contribution in [2.24, 2.45) is 5.92 Å². The first-order valence-electron chi connectivity index (χ1n) is 8.51. The van der Waals surface area contributed by atoms with E-state index in [2.05, 4.69) is 5.32 Å². The van der Waals surface area contributed by atoms with Gasteiger partial charge in [-0.15, -0.1) is 0 Å². The molecule has 6 heteroatoms. The average Bonchev–Trinajstić information content (AvgIpc) is 3.33. The Labute approximate surface area is 145 Å². The first-order chi connectivity index (χ1) is 12.2. The number of carbonyl (C=O) groups is 2. The van der Waals surface area contributed by atoms with Crippen LogP contribution < -0.4 is 10.1 Å². The number of carbonyl (C=O) groups excluding carboxylic acids is 2. The van der Waals surface area contributed by atoms with Crippen LogP contribution >= 0.6 is 0 Å². The summed E-state index contributed by atoms with van der Waals surface area (Å²) < 4.78 is 11.1. The second-order valence-corrected chi connectivity index (χ2v) is 6.55. The number of para-hydroxylation sites is 1. The zero-order valence-electron chi connectivity index (χ0n) is 13.8. The fourth-order valence-corrected chi connectivity index (χ4v) is 3.42. The molecule has 4 rings (SSSR count). The molecule has 1 aromatic heterocycles. The fraction of sp³-hybridized carbons (Fsp3) is 0.368. The van der Waals surface area contributed by atoms with Gasteiger partial charge in [0.25, 0.3) is 0 Å². The van der Waals surface area contributed by atoms with Gasteiger partial charge in [-0.25, -0.2) is 0 Å². The van der Waals surface area contributed by atoms with Crippen LogP contribution in [0.3, 0.4) is 0 Å². The maximum atomic E-state index is 12.4. The van der Waals surface area contributed by atoms with E-state index < -0.39 is 0 Å². The van der Waals surface area contributed by atoms with E-state index in [1.807, 2.05) is 30.3 Å². The van der Waals surface area contributed by atoms with Crippen LogP contribution in [0.4, 0.5) is 0 Å². The molecule has 0 saturated carbocycles. The summed E-state index contributed by atoms with van der Waals surface area (Å²) in [6.45, 7) is 1.30. The molecule has 25 heavy (non-hydrogen) atoms. The van der Waals surface area contributed by atoms with Crippen LogP contribution in [0, 0.1) is 5.92 Å². The lowest BCUT2D eigenvalue weighted by Crippen LogP contribution is -2.38. The van der Waals surface area contributed by atoms with Crippen LogP contribution in [-0.4, -0.2) is 35.9 Å². The van der Waals surface area contributed by atoms with Gasteiger partial charge in [0.15, 0.2) is 0 Å². The third kappa shape index (κ3) is 3.38. The predicted molar refractivity (Wildman–Crippen MR) is 89.8 cm³/mol. The van der Waals surface area contributed by atoms with Crippen LogP contribution in [0.2, 0.25) is 0 Å². The lowest BCUT2D eigenvalue weighted by atomic mass is 10.1. The number of amides is 2. The standard InChI is InChI=1S/C19H20N2O4/c22-18-9-14(11-21(18)12-15-5-3-7-24-15)19(23)20-10-16-8-13-4-1-2-6-17(13)25-16/h1-7,14,16H,8-12H2,(H,20,23)/t14-,16-/m0/s1. The number of nitrogens with zero attached hydrogens (tertiary/aromatic N) is 1. The molecular formula is C19H20N2O4. The van der Waals surface area contributed by atoms with E-state index in [9.17, 15) is 9.59 Å². The molecule has 0 radical (unpaired) electrons. The van der Waals surface area contributed by atoms with Crippen molar-refractivity contribution in [2.45, 2.75) is 25.5 Å². The Morgan fingerprint density at radius 1 is 1.20 bits per heavy atom. The summed E-state index contributed by atoms with van der Waals surface area (Å²) in [5, 5.41) is 2.94. The molecule has 130 valence electrons. The highest BCUT2D eigenvalue weighted by atomic mass is 16.5. The van der Waals surface area contributed by atoms with Gasteiger partial charge >= 0.3 is 0 Å². The number of hydrogen-bond donors (Lipinski definition) is 1. The van der Waals surface area contributed by atoms with Crippen LogP contribution in [-0.2, 0) is 22.6 Å². The zero-order chi connectivity index (χ0) is 17.2. The van der Waals surface area contributed by atoms with Gasteiger partial charge in [-0.05, 0) is 23.8 Å². The molecule has 0 spiro atoms. The van der Waals surface area contributed by atoms with Gasteiger partial charge < -0.3 is 19.4 Å². The number of fused-ring (bicyclic) bond motifs is 1. The molecule has 3 heterocycles. The molecule has 0 unspecified atom stereocenters. The molecule has 0 bridgehead atoms. The summed E-state index contributed by atoms with van der Waals surface area (Å²) in [7, 11) is 0. The van der Waals surface area contributed by atoms with Crippen LogP contribution in [0.5, 0.6) is 5.75 Å². The number of nitrogens with one attached hydrogen (secondary N) is 1. The summed E-state index contributed by atoms with van der Waals surface area (Å²) in [4.78, 5) is 26.2. The number of furan rings is 1. The van der Waals surface area contributed by atoms with Crippen LogP contribution in [0.25, 0.3) is 0 Å². The first-order valence-corrected chi connectivity index (χ1v) is 8.51. The normalized spacial score (nSPS) is 21.9. The number of rotatable bonds is 5. The molecule has 2 aromatic rings. The Morgan fingerprint density at radius 2 is 2.08 bits per heavy atom. The SMILES string of the molecule is O=C(NC[C@@H]1Cc2ccccc2O1)[C@H]1CC(=O)N(Cc2ccco2)C1. The molecule has 1 N–H and O–H groups in total. The summed E-state index contributed by atoms with van der Waals surface area (Å²) >= 11 is 0. The minimum Gasteiger partial charge on any atom is -0.488 e. The van der Waals surface area contributed by atoms with Crippen molar-refractivity contribution in [2.75, 3.05) is 13.1 Å². The Hall–Kier alpha value is -2.76. The third-order valence-corrected chi connectivity index (χ3v) is 4.73. The summed E-state index contributed by atoms with van der Waals surface area (Å²) in [5.41, 5.74) is 1.17. The molecule has 2 aliphatic heterocycles. The molecule has 6 nitrogen and oxygen atoms in total. The molecule has 2 aliphatic rings. The minimum absolute atomic E-state index is 0.0129. The van der Waals surface area contributed by atoms with E-state index in [1.165, 1.54) is 5.56 Å². The van der Waals surface area contributed by atoms with Crippen molar-refractivity contribution >= 4 is 11.8 Å².